The van der Waals surface area contributed by atoms with Crippen LogP contribution in [0, 0.1) is 0 Å². The van der Waals surface area contributed by atoms with Crippen LogP contribution in [0.5, 0.6) is 5.75 Å². The molecule has 4 saturated heterocycles. The largest absolute Gasteiger partial charge is 0.491 e. The molecular weight excluding hydrogens is 883 g/mol. The molecular formula is C49H61N13O5S. The summed E-state index contributed by atoms with van der Waals surface area (Å²) in [6, 6.07) is 24.4. The number of piperazine rings is 1. The fraction of sp³-hybridized carbons (Fsp3) is 0.490. The molecule has 2 aromatic heterocycles. The highest BCUT2D eigenvalue weighted by atomic mass is 32.2. The van der Waals surface area contributed by atoms with Crippen molar-refractivity contribution in [2.24, 2.45) is 5.11 Å². The second-order valence-corrected chi connectivity index (χ2v) is 19.2. The Morgan fingerprint density at radius 1 is 0.853 bits per heavy atom. The number of benzene rings is 3. The van der Waals surface area contributed by atoms with Crippen molar-refractivity contribution < 1.29 is 19.0 Å². The molecule has 9 rings (SSSR count). The third kappa shape index (κ3) is 11.5. The Morgan fingerprint density at radius 3 is 2.24 bits per heavy atom. The molecule has 3 aromatic carbocycles. The maximum atomic E-state index is 13.2. The summed E-state index contributed by atoms with van der Waals surface area (Å²) in [6.07, 6.45) is 14.0. The number of ketones is 1. The number of rotatable bonds is 23. The Bertz CT molecular complexity index is 2540. The number of aromatic nitrogens is 6. The Balaban J connectivity index is 0.656. The zero-order valence-electron chi connectivity index (χ0n) is 38.5. The first-order valence-electron chi connectivity index (χ1n) is 24.0. The molecule has 0 saturated carbocycles. The first kappa shape index (κ1) is 46.8. The van der Waals surface area contributed by atoms with Gasteiger partial charge in [-0.25, -0.2) is 14.0 Å². The van der Waals surface area contributed by atoms with Gasteiger partial charge in [-0.2, -0.15) is 31.9 Å². The number of carbonyl (C=O) groups excluding carboxylic acids is 1. The van der Waals surface area contributed by atoms with Gasteiger partial charge < -0.3 is 34.6 Å². The molecule has 358 valence electrons. The summed E-state index contributed by atoms with van der Waals surface area (Å²) in [5, 5.41) is 24.1. The molecule has 2 N–H and O–H groups in total. The molecule has 19 heteroatoms. The van der Waals surface area contributed by atoms with Crippen LogP contribution >= 0.6 is 11.8 Å². The Morgan fingerprint density at radius 2 is 1.51 bits per heavy atom. The fourth-order valence-corrected chi connectivity index (χ4v) is 11.2. The number of hydrogen-bond acceptors (Lipinski definition) is 14. The normalized spacial score (nSPS) is 22.1. The van der Waals surface area contributed by atoms with Gasteiger partial charge in [0.05, 0.1) is 42.6 Å². The number of anilines is 2. The van der Waals surface area contributed by atoms with Gasteiger partial charge in [0.15, 0.2) is 0 Å². The summed E-state index contributed by atoms with van der Waals surface area (Å²) >= 11 is 2.04. The number of aryl methyl sites for hydroxylation is 1. The first-order chi connectivity index (χ1) is 33.3. The molecule has 0 radical (unpaired) electrons. The number of Topliss-reactive ketones (excluding diaryl/α,β-unsaturated/α-hetero) is 1. The van der Waals surface area contributed by atoms with Crippen LogP contribution in [0.3, 0.4) is 0 Å². The van der Waals surface area contributed by atoms with E-state index >= 15 is 0 Å². The van der Waals surface area contributed by atoms with Crippen LogP contribution in [0.25, 0.3) is 16.1 Å². The Labute approximate surface area is 400 Å². The third-order valence-corrected chi connectivity index (χ3v) is 14.8. The fourth-order valence-electron chi connectivity index (χ4n) is 9.63. The highest BCUT2D eigenvalue weighted by Gasteiger charge is 2.45. The van der Waals surface area contributed by atoms with Crippen LogP contribution in [0.15, 0.2) is 114 Å². The molecule has 5 aromatic rings. The lowest BCUT2D eigenvalue weighted by atomic mass is 10.0. The van der Waals surface area contributed by atoms with Gasteiger partial charge in [0.1, 0.15) is 37.1 Å². The molecule has 4 aliphatic heterocycles. The SMILES string of the molecule is C=C1N[C@H]2[C@H](CS[C@H]2CCCCC(=O)CCCCCCCn2ncn(-c3ccc(N4CCN(c5ccc(OC[C@@H]6CO[C@@](Cn7nccn7)(c7ccc(N=[N+]=[N-])cc7)O6)cc5)CC4)cc3)c2=O)N1. The van der Waals surface area contributed by atoms with Crippen molar-refractivity contribution in [3.05, 3.63) is 130 Å². The number of hydrogen-bond donors (Lipinski definition) is 2. The number of fused-ring (bicyclic) bond motifs is 1. The number of nitrogens with one attached hydrogen (secondary N) is 2. The minimum absolute atomic E-state index is 0.129. The van der Waals surface area contributed by atoms with E-state index in [2.05, 4.69) is 76.6 Å². The second-order valence-electron chi connectivity index (χ2n) is 18.0. The lowest BCUT2D eigenvalue weighted by Gasteiger charge is -2.37. The van der Waals surface area contributed by atoms with Crippen molar-refractivity contribution in [2.45, 2.75) is 107 Å². The molecule has 0 aliphatic carbocycles. The molecule has 4 fully saturated rings. The van der Waals surface area contributed by atoms with E-state index in [-0.39, 0.29) is 18.3 Å². The van der Waals surface area contributed by atoms with E-state index in [0.717, 1.165) is 117 Å². The van der Waals surface area contributed by atoms with Crippen molar-refractivity contribution in [2.75, 3.05) is 54.9 Å². The summed E-state index contributed by atoms with van der Waals surface area (Å²) in [4.78, 5) is 34.8. The Kier molecular flexibility index (Phi) is 15.3. The number of azide groups is 1. The van der Waals surface area contributed by atoms with Crippen LogP contribution in [0.4, 0.5) is 17.1 Å². The molecule has 0 unspecified atom stereocenters. The quantitative estimate of drug-likeness (QED) is 0.0289. The maximum Gasteiger partial charge on any atom is 0.350 e. The van der Waals surface area contributed by atoms with E-state index in [1.165, 1.54) is 4.80 Å². The summed E-state index contributed by atoms with van der Waals surface area (Å²) in [6.45, 7) is 8.90. The van der Waals surface area contributed by atoms with Crippen molar-refractivity contribution in [1.82, 2.24) is 40.0 Å². The predicted molar refractivity (Wildman–Crippen MR) is 262 cm³/mol. The summed E-state index contributed by atoms with van der Waals surface area (Å²) in [5.41, 5.74) is 13.0. The van der Waals surface area contributed by atoms with Crippen LogP contribution in [0.2, 0.25) is 0 Å². The number of thioether (sulfide) groups is 1. The third-order valence-electron chi connectivity index (χ3n) is 13.3. The average Bonchev–Trinajstić information content (AvgIpc) is 4.23. The van der Waals surface area contributed by atoms with Gasteiger partial charge in [0.25, 0.3) is 0 Å². The molecule has 4 aliphatic rings. The van der Waals surface area contributed by atoms with E-state index in [1.54, 1.807) is 40.1 Å². The smallest absolute Gasteiger partial charge is 0.350 e. The molecule has 68 heavy (non-hydrogen) atoms. The number of unbranched alkanes of at least 4 members (excludes halogenated alkanes) is 5. The zero-order valence-corrected chi connectivity index (χ0v) is 39.3. The standard InChI is InChI=1S/C49H61N13O5S/c1-36-54-45-33-68-46(47(45)55-36)11-7-6-10-42(63)9-5-3-2-4-8-26-61-48(64)60(35-53-61)41-18-16-39(17-19-41)58-27-29-59(30-28-58)40-20-22-43(23-21-40)65-31-44-32-66-49(67-44,34-62-51-24-25-52-62)37-12-14-38(15-13-37)56-57-50/h12-25,35,44-47,54-55H,1-11,26-34H2/t44-,45+,46+,47+,49-/m1/s1. The van der Waals surface area contributed by atoms with E-state index < -0.39 is 5.79 Å². The summed E-state index contributed by atoms with van der Waals surface area (Å²) < 4.78 is 22.1. The van der Waals surface area contributed by atoms with Crippen LogP contribution < -0.4 is 30.9 Å². The van der Waals surface area contributed by atoms with Gasteiger partial charge in [-0.15, -0.1) is 0 Å². The van der Waals surface area contributed by atoms with Crippen molar-refractivity contribution >= 4 is 34.6 Å². The van der Waals surface area contributed by atoms with E-state index in [0.29, 0.717) is 61.4 Å². The van der Waals surface area contributed by atoms with E-state index in [1.807, 2.05) is 48.2 Å². The van der Waals surface area contributed by atoms with Crippen LogP contribution in [-0.4, -0.2) is 104 Å². The number of carbonyl (C=O) groups is 1. The second kappa shape index (κ2) is 22.2. The average molecular weight is 944 g/mol. The highest BCUT2D eigenvalue weighted by Crippen LogP contribution is 2.38. The minimum atomic E-state index is -1.13. The zero-order chi connectivity index (χ0) is 46.7. The Hall–Kier alpha value is -6.27. The first-order valence-corrected chi connectivity index (χ1v) is 25.0. The van der Waals surface area contributed by atoms with Gasteiger partial charge in [-0.3, -0.25) is 4.79 Å². The molecule has 0 amide bonds. The summed E-state index contributed by atoms with van der Waals surface area (Å²) in [7, 11) is 0. The van der Waals surface area contributed by atoms with Crippen molar-refractivity contribution in [3.8, 4) is 11.4 Å². The highest BCUT2D eigenvalue weighted by molar-refractivity contribution is 8.00. The van der Waals surface area contributed by atoms with Crippen molar-refractivity contribution in [3.63, 3.8) is 0 Å². The van der Waals surface area contributed by atoms with Crippen molar-refractivity contribution in [1.29, 1.82) is 0 Å². The minimum Gasteiger partial charge on any atom is -0.491 e. The topological polar surface area (TPSA) is 195 Å². The van der Waals surface area contributed by atoms with Gasteiger partial charge in [0, 0.05) is 84.1 Å². The van der Waals surface area contributed by atoms with Crippen LogP contribution in [0.1, 0.15) is 69.8 Å². The van der Waals surface area contributed by atoms with E-state index in [9.17, 15) is 9.59 Å². The lowest BCUT2D eigenvalue weighted by molar-refractivity contribution is -0.192. The molecule has 5 atom stereocenters. The predicted octanol–water partition coefficient (Wildman–Crippen LogP) is 7.23. The molecule has 0 bridgehead atoms. The van der Waals surface area contributed by atoms with E-state index in [4.69, 9.17) is 19.7 Å². The number of ether oxygens (including phenoxy) is 3. The lowest BCUT2D eigenvalue weighted by Crippen LogP contribution is -2.46. The summed E-state index contributed by atoms with van der Waals surface area (Å²) in [5.74, 6) is 2.07. The molecule has 0 spiro atoms. The van der Waals surface area contributed by atoms with Gasteiger partial charge in [0.2, 0.25) is 5.79 Å². The maximum absolute atomic E-state index is 13.2. The van der Waals surface area contributed by atoms with Gasteiger partial charge >= 0.3 is 5.69 Å². The molecule has 18 nitrogen and oxygen atoms in total. The van der Waals surface area contributed by atoms with Crippen LogP contribution in [-0.2, 0) is 33.1 Å². The monoisotopic (exact) mass is 943 g/mol. The number of nitrogens with zero attached hydrogens (tertiary/aromatic N) is 11. The van der Waals surface area contributed by atoms with Gasteiger partial charge in [-0.05, 0) is 79.7 Å². The van der Waals surface area contributed by atoms with Gasteiger partial charge in [-0.1, -0.05) is 61.6 Å². The molecule has 6 heterocycles.